The summed E-state index contributed by atoms with van der Waals surface area (Å²) in [6.07, 6.45) is -0.594. The molecule has 6 nitrogen and oxygen atoms in total. The molecular formula is C20H24O6. The molecular weight excluding hydrogens is 336 g/mol. The maximum Gasteiger partial charge on any atom is 0.333 e. The minimum absolute atomic E-state index is 0.146. The van der Waals surface area contributed by atoms with Crippen LogP contribution in [0.2, 0.25) is 0 Å². The van der Waals surface area contributed by atoms with Crippen molar-refractivity contribution in [2.45, 2.75) is 13.2 Å². The first kappa shape index (κ1) is 19.8. The fourth-order valence-corrected chi connectivity index (χ4v) is 2.31. The molecule has 1 unspecified atom stereocenters. The van der Waals surface area contributed by atoms with Gasteiger partial charge in [-0.1, -0.05) is 30.8 Å². The van der Waals surface area contributed by atoms with E-state index in [1.165, 1.54) is 0 Å². The second-order valence-corrected chi connectivity index (χ2v) is 5.59. The van der Waals surface area contributed by atoms with E-state index in [1.807, 2.05) is 36.4 Å². The Morgan fingerprint density at radius 3 is 2.31 bits per heavy atom. The first-order chi connectivity index (χ1) is 12.6. The van der Waals surface area contributed by atoms with Gasteiger partial charge in [-0.15, -0.1) is 0 Å². The van der Waals surface area contributed by atoms with Gasteiger partial charge in [0.15, 0.2) is 0 Å². The van der Waals surface area contributed by atoms with Crippen LogP contribution in [-0.4, -0.2) is 46.3 Å². The number of carbonyl (C=O) groups is 1. The molecule has 0 aliphatic carbocycles. The third-order valence-corrected chi connectivity index (χ3v) is 3.65. The predicted molar refractivity (Wildman–Crippen MR) is 98.5 cm³/mol. The van der Waals surface area contributed by atoms with Crippen LogP contribution in [-0.2, 0) is 19.0 Å². The van der Waals surface area contributed by atoms with Gasteiger partial charge < -0.3 is 23.7 Å². The van der Waals surface area contributed by atoms with Crippen molar-refractivity contribution in [3.63, 3.8) is 0 Å². The molecule has 26 heavy (non-hydrogen) atoms. The van der Waals surface area contributed by atoms with Gasteiger partial charge in [0.2, 0.25) is 6.29 Å². The quantitative estimate of drug-likeness (QED) is 0.280. The number of ether oxygens (including phenoxy) is 5. The van der Waals surface area contributed by atoms with Gasteiger partial charge >= 0.3 is 5.97 Å². The number of hydrogen-bond donors (Lipinski definition) is 0. The zero-order valence-corrected chi connectivity index (χ0v) is 15.3. The molecule has 6 heteroatoms. The standard InChI is InChI=1S/C20H24O6/c1-14(2)20(21)25-12-11-24-13-19(23-4)26-18-10-9-17(22-3)15-7-5-6-8-16(15)18/h5-10,19H,1,11-13H2,2-4H3. The average molecular weight is 360 g/mol. The van der Waals surface area contributed by atoms with Crippen LogP contribution in [0.4, 0.5) is 0 Å². The van der Waals surface area contributed by atoms with Crippen LogP contribution in [0, 0.1) is 0 Å². The van der Waals surface area contributed by atoms with Gasteiger partial charge in [-0.05, 0) is 19.1 Å². The van der Waals surface area contributed by atoms with Crippen LogP contribution in [0.1, 0.15) is 6.92 Å². The van der Waals surface area contributed by atoms with E-state index in [4.69, 9.17) is 23.7 Å². The molecule has 0 heterocycles. The van der Waals surface area contributed by atoms with E-state index in [-0.39, 0.29) is 19.8 Å². The van der Waals surface area contributed by atoms with E-state index < -0.39 is 12.3 Å². The molecule has 2 rings (SSSR count). The van der Waals surface area contributed by atoms with Crippen molar-refractivity contribution >= 4 is 16.7 Å². The largest absolute Gasteiger partial charge is 0.496 e. The smallest absolute Gasteiger partial charge is 0.333 e. The van der Waals surface area contributed by atoms with Crippen molar-refractivity contribution in [1.29, 1.82) is 0 Å². The Morgan fingerprint density at radius 1 is 1.04 bits per heavy atom. The van der Waals surface area contributed by atoms with Crippen molar-refractivity contribution in [3.05, 3.63) is 48.6 Å². The number of esters is 1. The highest BCUT2D eigenvalue weighted by Crippen LogP contribution is 2.33. The Labute approximate surface area is 153 Å². The van der Waals surface area contributed by atoms with Crippen LogP contribution in [0.5, 0.6) is 11.5 Å². The lowest BCUT2D eigenvalue weighted by Crippen LogP contribution is -2.26. The molecule has 0 aliphatic heterocycles. The molecule has 0 aromatic heterocycles. The summed E-state index contributed by atoms with van der Waals surface area (Å²) in [6.45, 7) is 5.69. The molecule has 0 saturated carbocycles. The molecule has 0 N–H and O–H groups in total. The van der Waals surface area contributed by atoms with Crippen molar-refractivity contribution in [2.75, 3.05) is 34.0 Å². The van der Waals surface area contributed by atoms with Crippen molar-refractivity contribution < 1.29 is 28.5 Å². The lowest BCUT2D eigenvalue weighted by molar-refractivity contribution is -0.142. The van der Waals surface area contributed by atoms with Crippen LogP contribution in [0.25, 0.3) is 10.8 Å². The summed E-state index contributed by atoms with van der Waals surface area (Å²) in [5.74, 6) is 1.01. The van der Waals surface area contributed by atoms with Gasteiger partial charge in [0.25, 0.3) is 0 Å². The Kier molecular flexibility index (Phi) is 7.44. The summed E-state index contributed by atoms with van der Waals surface area (Å²) >= 11 is 0. The van der Waals surface area contributed by atoms with Crippen molar-refractivity contribution in [3.8, 4) is 11.5 Å². The molecule has 0 saturated heterocycles. The van der Waals surface area contributed by atoms with Crippen LogP contribution >= 0.6 is 0 Å². The number of rotatable bonds is 10. The molecule has 1 atom stereocenters. The summed E-state index contributed by atoms with van der Waals surface area (Å²) in [5.41, 5.74) is 0.356. The number of carbonyl (C=O) groups excluding carboxylic acids is 1. The number of methoxy groups -OCH3 is 2. The zero-order chi connectivity index (χ0) is 18.9. The number of fused-ring (bicyclic) bond motifs is 1. The Hall–Kier alpha value is -2.57. The second kappa shape index (κ2) is 9.79. The van der Waals surface area contributed by atoms with Crippen LogP contribution < -0.4 is 9.47 Å². The van der Waals surface area contributed by atoms with Crippen LogP contribution in [0.3, 0.4) is 0 Å². The lowest BCUT2D eigenvalue weighted by Gasteiger charge is -2.19. The molecule has 0 bridgehead atoms. The third-order valence-electron chi connectivity index (χ3n) is 3.65. The zero-order valence-electron chi connectivity index (χ0n) is 15.3. The van der Waals surface area contributed by atoms with Crippen molar-refractivity contribution in [1.82, 2.24) is 0 Å². The summed E-state index contributed by atoms with van der Waals surface area (Å²) in [5, 5.41) is 1.87. The number of benzene rings is 2. The molecule has 0 spiro atoms. The SMILES string of the molecule is C=C(C)C(=O)OCCOCC(OC)Oc1ccc(OC)c2ccccc12. The van der Waals surface area contributed by atoms with E-state index in [9.17, 15) is 4.79 Å². The molecule has 2 aromatic carbocycles. The van der Waals surface area contributed by atoms with Gasteiger partial charge in [-0.2, -0.15) is 0 Å². The van der Waals surface area contributed by atoms with E-state index >= 15 is 0 Å². The summed E-state index contributed by atoms with van der Waals surface area (Å²) in [4.78, 5) is 11.3. The van der Waals surface area contributed by atoms with Crippen LogP contribution in [0.15, 0.2) is 48.6 Å². The maximum atomic E-state index is 11.3. The first-order valence-electron chi connectivity index (χ1n) is 8.22. The van der Waals surface area contributed by atoms with E-state index in [0.717, 1.165) is 16.5 Å². The maximum absolute atomic E-state index is 11.3. The fraction of sp³-hybridized carbons (Fsp3) is 0.350. The Morgan fingerprint density at radius 2 is 1.69 bits per heavy atom. The van der Waals surface area contributed by atoms with E-state index in [1.54, 1.807) is 21.1 Å². The molecule has 0 radical (unpaired) electrons. The Balaban J connectivity index is 1.93. The van der Waals surface area contributed by atoms with Gasteiger partial charge in [0.05, 0.1) is 13.7 Å². The minimum Gasteiger partial charge on any atom is -0.496 e. The van der Waals surface area contributed by atoms with Gasteiger partial charge in [-0.25, -0.2) is 4.79 Å². The normalized spacial score (nSPS) is 11.8. The molecule has 2 aromatic rings. The van der Waals surface area contributed by atoms with Gasteiger partial charge in [0.1, 0.15) is 24.7 Å². The minimum atomic E-state index is -0.594. The summed E-state index contributed by atoms with van der Waals surface area (Å²) < 4.78 is 27.1. The highest BCUT2D eigenvalue weighted by Gasteiger charge is 2.13. The second-order valence-electron chi connectivity index (χ2n) is 5.59. The highest BCUT2D eigenvalue weighted by molar-refractivity contribution is 5.93. The average Bonchev–Trinajstić information content (AvgIpc) is 2.66. The molecule has 0 aliphatic rings. The van der Waals surface area contributed by atoms with Gasteiger partial charge in [0, 0.05) is 23.5 Å². The summed E-state index contributed by atoms with van der Waals surface area (Å²) in [7, 11) is 3.18. The molecule has 0 amide bonds. The fourth-order valence-electron chi connectivity index (χ4n) is 2.31. The van der Waals surface area contributed by atoms with E-state index in [2.05, 4.69) is 6.58 Å². The third kappa shape index (κ3) is 5.21. The number of hydrogen-bond acceptors (Lipinski definition) is 6. The molecule has 140 valence electrons. The topological polar surface area (TPSA) is 63.2 Å². The first-order valence-corrected chi connectivity index (χ1v) is 8.22. The summed E-state index contributed by atoms with van der Waals surface area (Å²) in [6, 6.07) is 11.5. The Bertz CT molecular complexity index is 755. The van der Waals surface area contributed by atoms with E-state index in [0.29, 0.717) is 11.3 Å². The van der Waals surface area contributed by atoms with Crippen molar-refractivity contribution in [2.24, 2.45) is 0 Å². The predicted octanol–water partition coefficient (Wildman–Crippen LogP) is 3.34. The monoisotopic (exact) mass is 360 g/mol. The molecule has 0 fully saturated rings. The van der Waals surface area contributed by atoms with Gasteiger partial charge in [-0.3, -0.25) is 0 Å². The highest BCUT2D eigenvalue weighted by atomic mass is 16.7. The lowest BCUT2D eigenvalue weighted by atomic mass is 10.1.